The van der Waals surface area contributed by atoms with E-state index in [-0.39, 0.29) is 22.8 Å². The van der Waals surface area contributed by atoms with Gasteiger partial charge in [-0.15, -0.1) is 17.0 Å². The zero-order valence-corrected chi connectivity index (χ0v) is 9.67. The van der Waals surface area contributed by atoms with E-state index in [0.717, 1.165) is 0 Å². The van der Waals surface area contributed by atoms with Crippen molar-refractivity contribution >= 4 is 22.8 Å². The van der Waals surface area contributed by atoms with Gasteiger partial charge in [-0.2, -0.15) is 0 Å². The molecule has 1 aromatic carbocycles. The molecule has 0 spiro atoms. The maximum absolute atomic E-state index is 11.8. The number of aromatic nitrogens is 1. The van der Waals surface area contributed by atoms with Crippen molar-refractivity contribution in [3.63, 3.8) is 0 Å². The Bertz CT molecular complexity index is 386. The fourth-order valence-corrected chi connectivity index (χ4v) is 1.23. The molecule has 1 heterocycles. The minimum absolute atomic E-state index is 0. The highest BCUT2D eigenvalue weighted by molar-refractivity contribution is 8.93. The van der Waals surface area contributed by atoms with Gasteiger partial charge >= 0.3 is 0 Å². The van der Waals surface area contributed by atoms with Crippen LogP contribution in [0.1, 0.15) is 16.1 Å². The average molecular weight is 264 g/mol. The van der Waals surface area contributed by atoms with Crippen molar-refractivity contribution in [3.05, 3.63) is 66.0 Å². The van der Waals surface area contributed by atoms with Gasteiger partial charge in [-0.05, 0) is 12.1 Å². The number of carbonyl (C=O) groups is 1. The van der Waals surface area contributed by atoms with Crippen molar-refractivity contribution in [1.82, 2.24) is 4.98 Å². The number of ketones is 1. The van der Waals surface area contributed by atoms with Crippen LogP contribution in [0, 0.1) is 0 Å². The predicted molar refractivity (Wildman–Crippen MR) is 64.4 cm³/mol. The molecule has 2 rings (SSSR count). The molecule has 1 aromatic heterocycles. The summed E-state index contributed by atoms with van der Waals surface area (Å²) < 4.78 is 0. The molecule has 0 radical (unpaired) electrons. The second-order valence-corrected chi connectivity index (χ2v) is 2.91. The number of hydrogen-bond donors (Lipinski definition) is 0. The van der Waals surface area contributed by atoms with Crippen LogP contribution in [0.15, 0.2) is 54.7 Å². The Labute approximate surface area is 98.7 Å². The Hall–Kier alpha value is -1.48. The molecule has 76 valence electrons. The highest BCUT2D eigenvalue weighted by atomic mass is 79.9. The first-order valence-corrected chi connectivity index (χ1v) is 4.39. The molecule has 0 aliphatic carbocycles. The van der Waals surface area contributed by atoms with Crippen LogP contribution >= 0.6 is 17.0 Å². The standard InChI is InChI=1S/C12H9NO.BrH/c14-12(10-6-2-1-3-7-10)11-8-4-5-9-13-11;/h1-9H;1H. The topological polar surface area (TPSA) is 30.0 Å². The summed E-state index contributed by atoms with van der Waals surface area (Å²) in [6.07, 6.45) is 1.62. The zero-order valence-electron chi connectivity index (χ0n) is 7.96. The van der Waals surface area contributed by atoms with E-state index in [1.54, 1.807) is 30.5 Å². The summed E-state index contributed by atoms with van der Waals surface area (Å²) in [7, 11) is 0. The fourth-order valence-electron chi connectivity index (χ4n) is 1.23. The summed E-state index contributed by atoms with van der Waals surface area (Å²) in [5.74, 6) is -0.0359. The normalized spacial score (nSPS) is 9.07. The van der Waals surface area contributed by atoms with Gasteiger partial charge in [0.1, 0.15) is 5.69 Å². The number of hydrogen-bond acceptors (Lipinski definition) is 2. The van der Waals surface area contributed by atoms with Crippen molar-refractivity contribution in [2.45, 2.75) is 0 Å². The predicted octanol–water partition coefficient (Wildman–Crippen LogP) is 2.89. The van der Waals surface area contributed by atoms with Crippen LogP contribution in [0.2, 0.25) is 0 Å². The van der Waals surface area contributed by atoms with Gasteiger partial charge in [0.2, 0.25) is 5.78 Å². The molecule has 0 fully saturated rings. The van der Waals surface area contributed by atoms with E-state index in [9.17, 15) is 4.79 Å². The lowest BCUT2D eigenvalue weighted by Crippen LogP contribution is -2.02. The van der Waals surface area contributed by atoms with E-state index in [0.29, 0.717) is 11.3 Å². The Morgan fingerprint density at radius 1 is 0.933 bits per heavy atom. The molecule has 3 heteroatoms. The highest BCUT2D eigenvalue weighted by Crippen LogP contribution is 2.06. The van der Waals surface area contributed by atoms with E-state index in [1.165, 1.54) is 0 Å². The Morgan fingerprint density at radius 2 is 1.60 bits per heavy atom. The SMILES string of the molecule is Br.O=C(c1ccccc1)c1ccccn1. The zero-order chi connectivity index (χ0) is 9.80. The van der Waals surface area contributed by atoms with Gasteiger partial charge in [0.05, 0.1) is 0 Å². The lowest BCUT2D eigenvalue weighted by Gasteiger charge is -1.98. The molecule has 0 aliphatic rings. The lowest BCUT2D eigenvalue weighted by atomic mass is 10.1. The van der Waals surface area contributed by atoms with Crippen molar-refractivity contribution in [2.24, 2.45) is 0 Å². The first kappa shape index (κ1) is 11.6. The second-order valence-electron chi connectivity index (χ2n) is 2.91. The number of carbonyl (C=O) groups excluding carboxylic acids is 1. The van der Waals surface area contributed by atoms with E-state index >= 15 is 0 Å². The quantitative estimate of drug-likeness (QED) is 0.780. The molecule has 0 amide bonds. The minimum Gasteiger partial charge on any atom is -0.287 e. The summed E-state index contributed by atoms with van der Waals surface area (Å²) in [6, 6.07) is 14.5. The Kier molecular flexibility index (Phi) is 4.18. The third-order valence-corrected chi connectivity index (χ3v) is 1.93. The summed E-state index contributed by atoms with van der Waals surface area (Å²) in [4.78, 5) is 15.8. The Balaban J connectivity index is 0.00000112. The van der Waals surface area contributed by atoms with E-state index in [4.69, 9.17) is 0 Å². The molecule has 0 N–H and O–H groups in total. The summed E-state index contributed by atoms with van der Waals surface area (Å²) >= 11 is 0. The largest absolute Gasteiger partial charge is 0.287 e. The third kappa shape index (κ3) is 2.73. The van der Waals surface area contributed by atoms with Gasteiger partial charge in [0.15, 0.2) is 0 Å². The van der Waals surface area contributed by atoms with Gasteiger partial charge in [0, 0.05) is 11.8 Å². The third-order valence-electron chi connectivity index (χ3n) is 1.93. The van der Waals surface area contributed by atoms with Gasteiger partial charge < -0.3 is 0 Å². The van der Waals surface area contributed by atoms with Crippen LogP contribution in [0.5, 0.6) is 0 Å². The number of pyridine rings is 1. The van der Waals surface area contributed by atoms with Crippen LogP contribution in [0.25, 0.3) is 0 Å². The van der Waals surface area contributed by atoms with Crippen LogP contribution in [-0.4, -0.2) is 10.8 Å². The first-order chi connectivity index (χ1) is 6.88. The summed E-state index contributed by atoms with van der Waals surface area (Å²) in [5, 5.41) is 0. The van der Waals surface area contributed by atoms with E-state index in [1.807, 2.05) is 24.3 Å². The summed E-state index contributed by atoms with van der Waals surface area (Å²) in [6.45, 7) is 0. The second kappa shape index (κ2) is 5.41. The molecule has 15 heavy (non-hydrogen) atoms. The van der Waals surface area contributed by atoms with E-state index in [2.05, 4.69) is 4.98 Å². The number of halogens is 1. The lowest BCUT2D eigenvalue weighted by molar-refractivity contribution is 0.103. The first-order valence-electron chi connectivity index (χ1n) is 4.39. The minimum atomic E-state index is -0.0359. The molecule has 2 nitrogen and oxygen atoms in total. The highest BCUT2D eigenvalue weighted by Gasteiger charge is 2.07. The van der Waals surface area contributed by atoms with Gasteiger partial charge in [-0.1, -0.05) is 36.4 Å². The maximum atomic E-state index is 11.8. The summed E-state index contributed by atoms with van der Waals surface area (Å²) in [5.41, 5.74) is 1.16. The average Bonchev–Trinajstić information content (AvgIpc) is 2.30. The fraction of sp³-hybridized carbons (Fsp3) is 0. The number of rotatable bonds is 2. The Morgan fingerprint density at radius 3 is 2.20 bits per heavy atom. The van der Waals surface area contributed by atoms with Crippen LogP contribution in [0.3, 0.4) is 0 Å². The smallest absolute Gasteiger partial charge is 0.211 e. The molecule has 0 saturated heterocycles. The van der Waals surface area contributed by atoms with Crippen LogP contribution in [0.4, 0.5) is 0 Å². The van der Waals surface area contributed by atoms with Gasteiger partial charge in [0.25, 0.3) is 0 Å². The van der Waals surface area contributed by atoms with Gasteiger partial charge in [-0.25, -0.2) is 0 Å². The molecule has 0 bridgehead atoms. The maximum Gasteiger partial charge on any atom is 0.211 e. The van der Waals surface area contributed by atoms with Crippen molar-refractivity contribution < 1.29 is 4.79 Å². The molecule has 2 aromatic rings. The van der Waals surface area contributed by atoms with E-state index < -0.39 is 0 Å². The van der Waals surface area contributed by atoms with Crippen LogP contribution < -0.4 is 0 Å². The van der Waals surface area contributed by atoms with Crippen molar-refractivity contribution in [1.29, 1.82) is 0 Å². The monoisotopic (exact) mass is 263 g/mol. The van der Waals surface area contributed by atoms with Crippen LogP contribution in [-0.2, 0) is 0 Å². The molecule has 0 atom stereocenters. The molecule has 0 saturated carbocycles. The molecular weight excluding hydrogens is 254 g/mol. The number of nitrogens with zero attached hydrogens (tertiary/aromatic N) is 1. The van der Waals surface area contributed by atoms with Crippen molar-refractivity contribution in [2.75, 3.05) is 0 Å². The molecular formula is C12H10BrNO. The van der Waals surface area contributed by atoms with Crippen molar-refractivity contribution in [3.8, 4) is 0 Å². The molecule has 0 aliphatic heterocycles. The van der Waals surface area contributed by atoms with Gasteiger partial charge in [-0.3, -0.25) is 9.78 Å². The molecule has 0 unspecified atom stereocenters. The number of benzene rings is 1.